The molecule has 0 radical (unpaired) electrons. The van der Waals surface area contributed by atoms with Gasteiger partial charge in [-0.3, -0.25) is 0 Å². The van der Waals surface area contributed by atoms with Crippen LogP contribution in [0.5, 0.6) is 5.75 Å². The lowest BCUT2D eigenvalue weighted by molar-refractivity contribution is 0.409. The molecule has 2 atom stereocenters. The predicted octanol–water partition coefficient (Wildman–Crippen LogP) is 4.23. The molecular weight excluding hydrogens is 334 g/mol. The van der Waals surface area contributed by atoms with Gasteiger partial charge >= 0.3 is 0 Å². The van der Waals surface area contributed by atoms with Gasteiger partial charge in [0, 0.05) is 12.1 Å². The topological polar surface area (TPSA) is 45.6 Å². The van der Waals surface area contributed by atoms with Gasteiger partial charge < -0.3 is 15.4 Å². The van der Waals surface area contributed by atoms with Gasteiger partial charge in [-0.2, -0.15) is 0 Å². The van der Waals surface area contributed by atoms with Crippen LogP contribution in [0.1, 0.15) is 28.8 Å². The summed E-state index contributed by atoms with van der Waals surface area (Å²) in [5.41, 5.74) is 3.53. The third-order valence-electron chi connectivity index (χ3n) is 4.81. The van der Waals surface area contributed by atoms with E-state index in [-0.39, 0.29) is 12.1 Å². The lowest BCUT2D eigenvalue weighted by atomic mass is 9.95. The van der Waals surface area contributed by atoms with E-state index in [0.29, 0.717) is 6.54 Å². The summed E-state index contributed by atoms with van der Waals surface area (Å²) >= 11 is 0. The summed E-state index contributed by atoms with van der Waals surface area (Å²) in [6.45, 7) is 0.652. The second kappa shape index (κ2) is 7.96. The van der Waals surface area contributed by atoms with Crippen LogP contribution in [-0.2, 0) is 6.54 Å². The predicted molar refractivity (Wildman–Crippen MR) is 109 cm³/mol. The molecule has 3 aromatic rings. The molecule has 4 heteroatoms. The molecule has 0 bridgehead atoms. The van der Waals surface area contributed by atoms with E-state index in [2.05, 4.69) is 65.2 Å². The van der Waals surface area contributed by atoms with Crippen molar-refractivity contribution in [3.63, 3.8) is 0 Å². The quantitative estimate of drug-likeness (QED) is 0.718. The largest absolute Gasteiger partial charge is 0.496 e. The minimum Gasteiger partial charge on any atom is -0.496 e. The van der Waals surface area contributed by atoms with Crippen molar-refractivity contribution in [1.82, 2.24) is 10.6 Å². The first-order valence-corrected chi connectivity index (χ1v) is 9.15. The summed E-state index contributed by atoms with van der Waals surface area (Å²) in [6, 6.07) is 29.1. The van der Waals surface area contributed by atoms with E-state index in [4.69, 9.17) is 9.73 Å². The lowest BCUT2D eigenvalue weighted by Gasteiger charge is -2.19. The zero-order valence-electron chi connectivity index (χ0n) is 15.3. The Morgan fingerprint density at radius 3 is 2.19 bits per heavy atom. The van der Waals surface area contributed by atoms with Gasteiger partial charge in [0.1, 0.15) is 11.8 Å². The summed E-state index contributed by atoms with van der Waals surface area (Å²) in [5.74, 6) is 1.69. The fourth-order valence-electron chi connectivity index (χ4n) is 3.44. The Bertz CT molecular complexity index is 909. The van der Waals surface area contributed by atoms with Crippen LogP contribution in [0.4, 0.5) is 0 Å². The van der Waals surface area contributed by atoms with Crippen LogP contribution in [0.25, 0.3) is 0 Å². The van der Waals surface area contributed by atoms with E-state index < -0.39 is 0 Å². The number of hydrogen-bond acceptors (Lipinski definition) is 4. The van der Waals surface area contributed by atoms with Gasteiger partial charge in [0.05, 0.1) is 13.2 Å². The van der Waals surface area contributed by atoms with Gasteiger partial charge in [-0.15, -0.1) is 0 Å². The van der Waals surface area contributed by atoms with Crippen molar-refractivity contribution in [3.05, 3.63) is 102 Å². The average molecular weight is 357 g/mol. The highest BCUT2D eigenvalue weighted by Gasteiger charge is 2.31. The van der Waals surface area contributed by atoms with Crippen molar-refractivity contribution < 1.29 is 4.74 Å². The number of benzene rings is 3. The van der Waals surface area contributed by atoms with Crippen LogP contribution >= 0.6 is 0 Å². The summed E-state index contributed by atoms with van der Waals surface area (Å²) in [4.78, 5) is 4.94. The normalized spacial score (nSPS) is 18.5. The van der Waals surface area contributed by atoms with Gasteiger partial charge in [0.2, 0.25) is 0 Å². The molecule has 136 valence electrons. The molecule has 0 spiro atoms. The molecule has 1 heterocycles. The Balaban J connectivity index is 1.56. The second-order valence-corrected chi connectivity index (χ2v) is 6.53. The first-order valence-electron chi connectivity index (χ1n) is 9.15. The number of aliphatic imine (C=N–C) groups is 1. The minimum atomic E-state index is 0.0359. The SMILES string of the molecule is COc1ccccc1CNC1=NC(c2ccccc2)C(c2ccccc2)N1. The maximum absolute atomic E-state index is 5.44. The van der Waals surface area contributed by atoms with E-state index in [9.17, 15) is 0 Å². The van der Waals surface area contributed by atoms with Crippen molar-refractivity contribution in [3.8, 4) is 5.75 Å². The molecule has 0 fully saturated rings. The summed E-state index contributed by atoms with van der Waals surface area (Å²) in [5, 5.41) is 6.99. The summed E-state index contributed by atoms with van der Waals surface area (Å²) in [6.07, 6.45) is 0. The second-order valence-electron chi connectivity index (χ2n) is 6.53. The number of guanidine groups is 1. The molecule has 1 aliphatic rings. The van der Waals surface area contributed by atoms with Crippen molar-refractivity contribution in [2.75, 3.05) is 7.11 Å². The van der Waals surface area contributed by atoms with Gasteiger partial charge in [-0.1, -0.05) is 78.9 Å². The maximum Gasteiger partial charge on any atom is 0.192 e. The van der Waals surface area contributed by atoms with E-state index in [1.165, 1.54) is 11.1 Å². The number of hydrogen-bond donors (Lipinski definition) is 2. The highest BCUT2D eigenvalue weighted by atomic mass is 16.5. The summed E-state index contributed by atoms with van der Waals surface area (Å²) in [7, 11) is 1.70. The molecule has 3 aromatic carbocycles. The van der Waals surface area contributed by atoms with Crippen molar-refractivity contribution in [2.24, 2.45) is 4.99 Å². The molecule has 2 unspecified atom stereocenters. The van der Waals surface area contributed by atoms with Gasteiger partial charge in [-0.05, 0) is 17.2 Å². The number of nitrogens with zero attached hydrogens (tertiary/aromatic N) is 1. The molecule has 1 aliphatic heterocycles. The number of nitrogens with one attached hydrogen (secondary N) is 2. The first kappa shape index (κ1) is 17.2. The van der Waals surface area contributed by atoms with Crippen LogP contribution in [-0.4, -0.2) is 13.1 Å². The van der Waals surface area contributed by atoms with Crippen molar-refractivity contribution >= 4 is 5.96 Å². The molecule has 0 saturated heterocycles. The van der Waals surface area contributed by atoms with Gasteiger partial charge in [0.25, 0.3) is 0 Å². The Morgan fingerprint density at radius 1 is 0.852 bits per heavy atom. The molecule has 0 aromatic heterocycles. The monoisotopic (exact) mass is 357 g/mol. The van der Waals surface area contributed by atoms with E-state index in [1.807, 2.05) is 30.3 Å². The molecule has 4 rings (SSSR count). The molecule has 0 saturated carbocycles. The Morgan fingerprint density at radius 2 is 1.48 bits per heavy atom. The third-order valence-corrected chi connectivity index (χ3v) is 4.81. The number of methoxy groups -OCH3 is 1. The highest BCUT2D eigenvalue weighted by Crippen LogP contribution is 2.35. The molecule has 27 heavy (non-hydrogen) atoms. The lowest BCUT2D eigenvalue weighted by Crippen LogP contribution is -2.35. The third kappa shape index (κ3) is 3.80. The smallest absolute Gasteiger partial charge is 0.192 e. The van der Waals surface area contributed by atoms with Crippen molar-refractivity contribution in [2.45, 2.75) is 18.6 Å². The average Bonchev–Trinajstić information content (AvgIpc) is 3.18. The fourth-order valence-corrected chi connectivity index (χ4v) is 3.44. The van der Waals surface area contributed by atoms with E-state index in [1.54, 1.807) is 7.11 Å². The highest BCUT2D eigenvalue weighted by molar-refractivity contribution is 5.82. The molecular formula is C23H23N3O. The molecule has 4 nitrogen and oxygen atoms in total. The van der Waals surface area contributed by atoms with E-state index in [0.717, 1.165) is 17.3 Å². The molecule has 0 aliphatic carbocycles. The Labute approximate surface area is 159 Å². The van der Waals surface area contributed by atoms with Gasteiger partial charge in [0.15, 0.2) is 5.96 Å². The number of para-hydroxylation sites is 1. The Kier molecular flexibility index (Phi) is 5.06. The maximum atomic E-state index is 5.44. The molecule has 0 amide bonds. The standard InChI is InChI=1S/C23H23N3O/c1-27-20-15-9-8-14-19(20)16-24-23-25-21(17-10-4-2-5-11-17)22(26-23)18-12-6-3-7-13-18/h2-15,21-22H,16H2,1H3,(H2,24,25,26). The number of ether oxygens (including phenoxy) is 1. The van der Waals surface area contributed by atoms with E-state index >= 15 is 0 Å². The van der Waals surface area contributed by atoms with Crippen LogP contribution in [0.3, 0.4) is 0 Å². The fraction of sp³-hybridized carbons (Fsp3) is 0.174. The van der Waals surface area contributed by atoms with Crippen LogP contribution in [0, 0.1) is 0 Å². The summed E-state index contributed by atoms with van der Waals surface area (Å²) < 4.78 is 5.44. The van der Waals surface area contributed by atoms with Crippen LogP contribution in [0.15, 0.2) is 89.9 Å². The zero-order chi connectivity index (χ0) is 18.5. The minimum absolute atomic E-state index is 0.0359. The zero-order valence-corrected chi connectivity index (χ0v) is 15.3. The molecule has 2 N–H and O–H groups in total. The van der Waals surface area contributed by atoms with Crippen molar-refractivity contribution in [1.29, 1.82) is 0 Å². The van der Waals surface area contributed by atoms with Crippen LogP contribution in [0.2, 0.25) is 0 Å². The Hall–Kier alpha value is -3.27. The van der Waals surface area contributed by atoms with Gasteiger partial charge in [-0.25, -0.2) is 4.99 Å². The number of rotatable bonds is 5. The first-order chi connectivity index (χ1) is 13.3. The van der Waals surface area contributed by atoms with Crippen LogP contribution < -0.4 is 15.4 Å².